The predicted octanol–water partition coefficient (Wildman–Crippen LogP) is 2.71. The van der Waals surface area contributed by atoms with Crippen LogP contribution < -0.4 is 15.8 Å². The topological polar surface area (TPSA) is 80.9 Å². The van der Waals surface area contributed by atoms with Gasteiger partial charge in [0.15, 0.2) is 6.61 Å². The lowest BCUT2D eigenvalue weighted by molar-refractivity contribution is -0.123. The Kier molecular flexibility index (Phi) is 4.89. The molecule has 0 fully saturated rings. The van der Waals surface area contributed by atoms with Crippen LogP contribution in [-0.4, -0.2) is 18.2 Å². The average molecular weight is 336 g/mol. The van der Waals surface area contributed by atoms with Gasteiger partial charge in [-0.3, -0.25) is 4.79 Å². The van der Waals surface area contributed by atoms with Crippen molar-refractivity contribution in [3.8, 4) is 5.75 Å². The minimum absolute atomic E-state index is 0.173. The number of nitrogens with one attached hydrogen (secondary N) is 1. The van der Waals surface area contributed by atoms with Gasteiger partial charge in [0, 0.05) is 5.39 Å². The van der Waals surface area contributed by atoms with E-state index in [2.05, 4.69) is 10.5 Å². The molecule has 1 aromatic heterocycles. The van der Waals surface area contributed by atoms with Gasteiger partial charge < -0.3 is 9.15 Å². The predicted molar refractivity (Wildman–Crippen MR) is 94.8 cm³/mol. The Hall–Kier alpha value is -3.41. The van der Waals surface area contributed by atoms with E-state index in [1.165, 1.54) is 0 Å². The molecular weight excluding hydrogens is 320 g/mol. The largest absolute Gasteiger partial charge is 0.484 e. The Morgan fingerprint density at radius 3 is 2.64 bits per heavy atom. The van der Waals surface area contributed by atoms with Gasteiger partial charge in [-0.1, -0.05) is 36.4 Å². The normalized spacial score (nSPS) is 11.3. The number of rotatable bonds is 5. The summed E-state index contributed by atoms with van der Waals surface area (Å²) < 4.78 is 10.6. The number of fused-ring (bicyclic) bond motifs is 1. The third-order valence-corrected chi connectivity index (χ3v) is 3.49. The Labute approximate surface area is 143 Å². The van der Waals surface area contributed by atoms with Crippen molar-refractivity contribution in [2.75, 3.05) is 6.61 Å². The number of hydrazone groups is 1. The standard InChI is InChI=1S/C19H16N2O4/c1-13(16-11-14-7-5-6-10-17(14)25-19(16)23)20-21-18(22)12-24-15-8-3-2-4-9-15/h2-11H,12H2,1H3,(H,21,22)/b20-13+. The van der Waals surface area contributed by atoms with Gasteiger partial charge in [-0.25, -0.2) is 10.2 Å². The lowest BCUT2D eigenvalue weighted by Gasteiger charge is -2.05. The summed E-state index contributed by atoms with van der Waals surface area (Å²) >= 11 is 0. The number of amides is 1. The lowest BCUT2D eigenvalue weighted by atomic mass is 10.1. The van der Waals surface area contributed by atoms with Crippen molar-refractivity contribution < 1.29 is 13.9 Å². The Balaban J connectivity index is 1.68. The highest BCUT2D eigenvalue weighted by Gasteiger charge is 2.09. The van der Waals surface area contributed by atoms with Crippen molar-refractivity contribution in [3.63, 3.8) is 0 Å². The van der Waals surface area contributed by atoms with E-state index in [9.17, 15) is 9.59 Å². The molecule has 0 saturated carbocycles. The SMILES string of the molecule is C/C(=N\NC(=O)COc1ccccc1)c1cc2ccccc2oc1=O. The zero-order valence-corrected chi connectivity index (χ0v) is 13.6. The molecule has 0 aliphatic heterocycles. The van der Waals surface area contributed by atoms with Crippen LogP contribution in [0.3, 0.4) is 0 Å². The van der Waals surface area contributed by atoms with Gasteiger partial charge in [0.05, 0.1) is 11.3 Å². The number of para-hydroxylation sites is 2. The number of carbonyl (C=O) groups excluding carboxylic acids is 1. The minimum Gasteiger partial charge on any atom is -0.484 e. The fraction of sp³-hybridized carbons (Fsp3) is 0.105. The van der Waals surface area contributed by atoms with E-state index in [1.807, 2.05) is 30.3 Å². The molecule has 6 heteroatoms. The van der Waals surface area contributed by atoms with Gasteiger partial charge in [0.1, 0.15) is 11.3 Å². The van der Waals surface area contributed by atoms with Gasteiger partial charge >= 0.3 is 5.63 Å². The maximum absolute atomic E-state index is 12.0. The number of hydrogen-bond acceptors (Lipinski definition) is 5. The minimum atomic E-state index is -0.505. The van der Waals surface area contributed by atoms with Gasteiger partial charge in [0.2, 0.25) is 0 Å². The molecule has 2 aromatic carbocycles. The highest BCUT2D eigenvalue weighted by atomic mass is 16.5. The van der Waals surface area contributed by atoms with Gasteiger partial charge in [0.25, 0.3) is 5.91 Å². The van der Waals surface area contributed by atoms with E-state index in [0.29, 0.717) is 22.6 Å². The molecule has 3 aromatic rings. The van der Waals surface area contributed by atoms with Crippen LogP contribution in [0.2, 0.25) is 0 Å². The second-order valence-electron chi connectivity index (χ2n) is 5.32. The molecule has 126 valence electrons. The molecule has 0 bridgehead atoms. The highest BCUT2D eigenvalue weighted by molar-refractivity contribution is 6.00. The highest BCUT2D eigenvalue weighted by Crippen LogP contribution is 2.13. The van der Waals surface area contributed by atoms with Gasteiger partial charge in [-0.2, -0.15) is 5.10 Å². The second-order valence-corrected chi connectivity index (χ2v) is 5.32. The maximum Gasteiger partial charge on any atom is 0.345 e. The van der Waals surface area contributed by atoms with Crippen LogP contribution in [0.1, 0.15) is 12.5 Å². The number of hydrogen-bond donors (Lipinski definition) is 1. The third-order valence-electron chi connectivity index (χ3n) is 3.49. The molecule has 1 amide bonds. The first-order chi connectivity index (χ1) is 12.1. The van der Waals surface area contributed by atoms with E-state index in [0.717, 1.165) is 5.39 Å². The average Bonchev–Trinajstić information content (AvgIpc) is 2.64. The van der Waals surface area contributed by atoms with E-state index < -0.39 is 11.5 Å². The molecule has 0 unspecified atom stereocenters. The Bertz CT molecular complexity index is 977. The molecule has 1 heterocycles. The molecule has 0 aliphatic carbocycles. The molecule has 6 nitrogen and oxygen atoms in total. The summed E-state index contributed by atoms with van der Waals surface area (Å²) in [5.74, 6) is 0.168. The number of ether oxygens (including phenoxy) is 1. The Morgan fingerprint density at radius 2 is 1.84 bits per heavy atom. The lowest BCUT2D eigenvalue weighted by Crippen LogP contribution is -2.26. The summed E-state index contributed by atoms with van der Waals surface area (Å²) in [4.78, 5) is 23.8. The van der Waals surface area contributed by atoms with Crippen LogP contribution in [0.4, 0.5) is 0 Å². The van der Waals surface area contributed by atoms with Crippen LogP contribution in [0, 0.1) is 0 Å². The van der Waals surface area contributed by atoms with Crippen LogP contribution in [0.15, 0.2) is 75.0 Å². The summed E-state index contributed by atoms with van der Waals surface area (Å²) in [6.07, 6.45) is 0. The van der Waals surface area contributed by atoms with Crippen molar-refractivity contribution in [3.05, 3.63) is 76.6 Å². The second kappa shape index (κ2) is 7.44. The first kappa shape index (κ1) is 16.4. The van der Waals surface area contributed by atoms with Crippen molar-refractivity contribution >= 4 is 22.6 Å². The molecule has 25 heavy (non-hydrogen) atoms. The summed E-state index contributed by atoms with van der Waals surface area (Å²) in [7, 11) is 0. The summed E-state index contributed by atoms with van der Waals surface area (Å²) in [5, 5.41) is 4.73. The summed E-state index contributed by atoms with van der Waals surface area (Å²) in [6.45, 7) is 1.45. The summed E-state index contributed by atoms with van der Waals surface area (Å²) in [5.41, 5.74) is 3.02. The van der Waals surface area contributed by atoms with Crippen LogP contribution >= 0.6 is 0 Å². The monoisotopic (exact) mass is 336 g/mol. The smallest absolute Gasteiger partial charge is 0.345 e. The van der Waals surface area contributed by atoms with Crippen LogP contribution in [-0.2, 0) is 4.79 Å². The van der Waals surface area contributed by atoms with Crippen molar-refractivity contribution in [2.45, 2.75) is 6.92 Å². The van der Waals surface area contributed by atoms with E-state index in [1.54, 1.807) is 37.3 Å². The number of benzene rings is 2. The first-order valence-corrected chi connectivity index (χ1v) is 7.68. The third kappa shape index (κ3) is 4.11. The molecular formula is C19H16N2O4. The van der Waals surface area contributed by atoms with Crippen molar-refractivity contribution in [2.24, 2.45) is 5.10 Å². The molecule has 3 rings (SSSR count). The van der Waals surface area contributed by atoms with Gasteiger partial charge in [-0.15, -0.1) is 0 Å². The molecule has 0 atom stereocenters. The van der Waals surface area contributed by atoms with Gasteiger partial charge in [-0.05, 0) is 31.2 Å². The molecule has 0 spiro atoms. The van der Waals surface area contributed by atoms with E-state index >= 15 is 0 Å². The Morgan fingerprint density at radius 1 is 1.12 bits per heavy atom. The number of nitrogens with zero attached hydrogens (tertiary/aromatic N) is 1. The van der Waals surface area contributed by atoms with E-state index in [4.69, 9.17) is 9.15 Å². The van der Waals surface area contributed by atoms with Crippen LogP contribution in [0.25, 0.3) is 11.0 Å². The fourth-order valence-corrected chi connectivity index (χ4v) is 2.22. The zero-order chi connectivity index (χ0) is 17.6. The first-order valence-electron chi connectivity index (χ1n) is 7.68. The zero-order valence-electron chi connectivity index (χ0n) is 13.6. The van der Waals surface area contributed by atoms with Crippen molar-refractivity contribution in [1.29, 1.82) is 0 Å². The molecule has 0 aliphatic rings. The van der Waals surface area contributed by atoms with E-state index in [-0.39, 0.29) is 6.61 Å². The maximum atomic E-state index is 12.0. The summed E-state index contributed by atoms with van der Waals surface area (Å²) in [6, 6.07) is 17.9. The van der Waals surface area contributed by atoms with Crippen molar-refractivity contribution in [1.82, 2.24) is 5.43 Å². The van der Waals surface area contributed by atoms with Crippen LogP contribution in [0.5, 0.6) is 5.75 Å². The quantitative estimate of drug-likeness (QED) is 0.441. The number of carbonyl (C=O) groups is 1. The molecule has 0 saturated heterocycles. The molecule has 1 N–H and O–H groups in total. The fourth-order valence-electron chi connectivity index (χ4n) is 2.22. The molecule has 0 radical (unpaired) electrons.